The van der Waals surface area contributed by atoms with Crippen LogP contribution in [0.4, 0.5) is 11.4 Å². The van der Waals surface area contributed by atoms with Gasteiger partial charge in [-0.2, -0.15) is 0 Å². The molecule has 194 valence electrons. The molecule has 0 aromatic heterocycles. The van der Waals surface area contributed by atoms with Crippen molar-refractivity contribution in [2.75, 3.05) is 30.4 Å². The van der Waals surface area contributed by atoms with Gasteiger partial charge in [0.25, 0.3) is 10.0 Å². The van der Waals surface area contributed by atoms with Crippen molar-refractivity contribution in [3.63, 3.8) is 0 Å². The standard InChI is InChI=1S/C26H25ClN2O7S/c1-16-5-9-22(10-6-16)37(33,34)29(21-8-7-17(2)23(27)14-21)15-24(30)28-20-12-18(25(31)35-3)11-19(13-20)26(32)36-4/h5-14H,15H2,1-4H3,(H,28,30). The lowest BCUT2D eigenvalue weighted by molar-refractivity contribution is -0.114. The van der Waals surface area contributed by atoms with Crippen LogP contribution in [0.3, 0.4) is 0 Å². The molecule has 1 N–H and O–H groups in total. The number of nitrogens with one attached hydrogen (secondary N) is 1. The molecule has 0 aliphatic heterocycles. The van der Waals surface area contributed by atoms with Crippen LogP contribution in [-0.2, 0) is 24.3 Å². The van der Waals surface area contributed by atoms with Crippen molar-refractivity contribution in [2.24, 2.45) is 0 Å². The predicted molar refractivity (Wildman–Crippen MR) is 140 cm³/mol. The first kappa shape index (κ1) is 27.7. The second kappa shape index (κ2) is 11.4. The number of hydrogen-bond donors (Lipinski definition) is 1. The molecule has 3 rings (SSSR count). The first-order valence-electron chi connectivity index (χ1n) is 10.9. The van der Waals surface area contributed by atoms with E-state index in [1.54, 1.807) is 31.2 Å². The van der Waals surface area contributed by atoms with Gasteiger partial charge in [-0.25, -0.2) is 18.0 Å². The van der Waals surface area contributed by atoms with Crippen LogP contribution >= 0.6 is 11.6 Å². The van der Waals surface area contributed by atoms with Gasteiger partial charge in [0.1, 0.15) is 6.54 Å². The SMILES string of the molecule is COC(=O)c1cc(NC(=O)CN(c2ccc(C)c(Cl)c2)S(=O)(=O)c2ccc(C)cc2)cc(C(=O)OC)c1. The summed E-state index contributed by atoms with van der Waals surface area (Å²) >= 11 is 6.25. The molecule has 0 saturated carbocycles. The minimum absolute atomic E-state index is 0.00449. The lowest BCUT2D eigenvalue weighted by Crippen LogP contribution is -2.38. The molecule has 0 aliphatic rings. The number of rotatable bonds is 8. The van der Waals surface area contributed by atoms with Gasteiger partial charge in [0.2, 0.25) is 5.91 Å². The predicted octanol–water partition coefficient (Wildman–Crippen LogP) is 4.36. The van der Waals surface area contributed by atoms with Gasteiger partial charge in [-0.1, -0.05) is 35.4 Å². The number of ether oxygens (including phenoxy) is 2. The lowest BCUT2D eigenvalue weighted by atomic mass is 10.1. The minimum atomic E-state index is -4.17. The Hall–Kier alpha value is -3.89. The molecule has 3 aromatic carbocycles. The topological polar surface area (TPSA) is 119 Å². The largest absolute Gasteiger partial charge is 0.465 e. The quantitative estimate of drug-likeness (QED) is 0.418. The van der Waals surface area contributed by atoms with Gasteiger partial charge in [0.15, 0.2) is 0 Å². The molecule has 1 amide bonds. The Kier molecular flexibility index (Phi) is 8.57. The van der Waals surface area contributed by atoms with E-state index in [1.165, 1.54) is 50.6 Å². The van der Waals surface area contributed by atoms with Crippen molar-refractivity contribution >= 4 is 50.8 Å². The van der Waals surface area contributed by atoms with Gasteiger partial charge >= 0.3 is 11.9 Å². The fourth-order valence-electron chi connectivity index (χ4n) is 3.39. The van der Waals surface area contributed by atoms with Crippen molar-refractivity contribution in [3.8, 4) is 0 Å². The van der Waals surface area contributed by atoms with Crippen LogP contribution in [0, 0.1) is 13.8 Å². The van der Waals surface area contributed by atoms with E-state index in [2.05, 4.69) is 5.32 Å². The number of carbonyl (C=O) groups is 3. The van der Waals surface area contributed by atoms with Gasteiger partial charge in [-0.05, 0) is 61.9 Å². The van der Waals surface area contributed by atoms with Crippen molar-refractivity contribution in [1.82, 2.24) is 0 Å². The van der Waals surface area contributed by atoms with Crippen LogP contribution in [0.25, 0.3) is 0 Å². The number of amides is 1. The Balaban J connectivity index is 2.00. The Labute approximate surface area is 220 Å². The van der Waals surface area contributed by atoms with E-state index >= 15 is 0 Å². The summed E-state index contributed by atoms with van der Waals surface area (Å²) in [4.78, 5) is 37.2. The minimum Gasteiger partial charge on any atom is -0.465 e. The Morgan fingerprint density at radius 2 is 1.43 bits per heavy atom. The van der Waals surface area contributed by atoms with Crippen molar-refractivity contribution < 1.29 is 32.3 Å². The molecule has 0 fully saturated rings. The highest BCUT2D eigenvalue weighted by Gasteiger charge is 2.28. The highest BCUT2D eigenvalue weighted by atomic mass is 35.5. The maximum absolute atomic E-state index is 13.6. The monoisotopic (exact) mass is 544 g/mol. The zero-order valence-corrected chi connectivity index (χ0v) is 22.1. The first-order valence-corrected chi connectivity index (χ1v) is 12.7. The van der Waals surface area contributed by atoms with E-state index in [1.807, 2.05) is 6.92 Å². The summed E-state index contributed by atoms with van der Waals surface area (Å²) < 4.78 is 37.5. The third-order valence-electron chi connectivity index (χ3n) is 5.40. The van der Waals surface area contributed by atoms with Crippen molar-refractivity contribution in [2.45, 2.75) is 18.7 Å². The summed E-state index contributed by atoms with van der Waals surface area (Å²) in [6.45, 7) is 2.98. The van der Waals surface area contributed by atoms with Crippen LogP contribution in [-0.4, -0.2) is 47.0 Å². The van der Waals surface area contributed by atoms with Gasteiger partial charge < -0.3 is 14.8 Å². The molecular weight excluding hydrogens is 520 g/mol. The Morgan fingerprint density at radius 1 is 0.865 bits per heavy atom. The zero-order chi connectivity index (χ0) is 27.3. The van der Waals surface area contributed by atoms with Crippen LogP contribution in [0.1, 0.15) is 31.8 Å². The number of nitrogens with zero attached hydrogens (tertiary/aromatic N) is 1. The zero-order valence-electron chi connectivity index (χ0n) is 20.6. The van der Waals surface area contributed by atoms with Gasteiger partial charge in [-0.3, -0.25) is 9.10 Å². The number of halogens is 1. The molecule has 0 saturated heterocycles. The second-order valence-corrected chi connectivity index (χ2v) is 10.4. The second-order valence-electron chi connectivity index (χ2n) is 8.09. The Bertz CT molecular complexity index is 1420. The van der Waals surface area contributed by atoms with E-state index in [4.69, 9.17) is 21.1 Å². The highest BCUT2D eigenvalue weighted by Crippen LogP contribution is 2.28. The number of sulfonamides is 1. The van der Waals surface area contributed by atoms with E-state index in [-0.39, 0.29) is 27.4 Å². The number of anilines is 2. The molecule has 9 nitrogen and oxygen atoms in total. The molecule has 0 atom stereocenters. The smallest absolute Gasteiger partial charge is 0.337 e. The maximum Gasteiger partial charge on any atom is 0.337 e. The molecule has 3 aromatic rings. The van der Waals surface area contributed by atoms with Crippen molar-refractivity contribution in [3.05, 3.63) is 87.9 Å². The summed E-state index contributed by atoms with van der Waals surface area (Å²) in [5.74, 6) is -2.21. The van der Waals surface area contributed by atoms with Gasteiger partial charge in [0.05, 0.1) is 35.9 Å². The summed E-state index contributed by atoms with van der Waals surface area (Å²) in [6.07, 6.45) is 0. The van der Waals surface area contributed by atoms with E-state index in [9.17, 15) is 22.8 Å². The molecule has 0 heterocycles. The maximum atomic E-state index is 13.6. The lowest BCUT2D eigenvalue weighted by Gasteiger charge is -2.24. The highest BCUT2D eigenvalue weighted by molar-refractivity contribution is 7.92. The van der Waals surface area contributed by atoms with Crippen LogP contribution in [0.2, 0.25) is 5.02 Å². The third-order valence-corrected chi connectivity index (χ3v) is 7.59. The summed E-state index contributed by atoms with van der Waals surface area (Å²) in [6, 6.07) is 14.7. The van der Waals surface area contributed by atoms with Crippen LogP contribution in [0.15, 0.2) is 65.6 Å². The molecule has 11 heteroatoms. The normalized spacial score (nSPS) is 10.9. The van der Waals surface area contributed by atoms with Gasteiger partial charge in [-0.15, -0.1) is 0 Å². The van der Waals surface area contributed by atoms with Gasteiger partial charge in [0, 0.05) is 10.7 Å². The number of methoxy groups -OCH3 is 2. The van der Waals surface area contributed by atoms with Crippen LogP contribution < -0.4 is 9.62 Å². The molecule has 0 unspecified atom stereocenters. The fourth-order valence-corrected chi connectivity index (χ4v) is 4.98. The summed E-state index contributed by atoms with van der Waals surface area (Å²) in [5.41, 5.74) is 1.85. The molecule has 0 aliphatic carbocycles. The molecular formula is C26H25ClN2O7S. The number of esters is 2. The Morgan fingerprint density at radius 3 is 1.95 bits per heavy atom. The van der Waals surface area contributed by atoms with Crippen molar-refractivity contribution in [1.29, 1.82) is 0 Å². The molecule has 0 spiro atoms. The summed E-state index contributed by atoms with van der Waals surface area (Å²) in [7, 11) is -1.83. The number of benzene rings is 3. The van der Waals surface area contributed by atoms with E-state index in [0.29, 0.717) is 5.02 Å². The number of carbonyl (C=O) groups excluding carboxylic acids is 3. The third kappa shape index (κ3) is 6.46. The van der Waals surface area contributed by atoms with E-state index < -0.39 is 34.4 Å². The van der Waals surface area contributed by atoms with Crippen LogP contribution in [0.5, 0.6) is 0 Å². The summed E-state index contributed by atoms with van der Waals surface area (Å²) in [5, 5.41) is 2.88. The molecule has 0 bridgehead atoms. The number of aryl methyl sites for hydroxylation is 2. The first-order chi connectivity index (χ1) is 17.5. The van der Waals surface area contributed by atoms with E-state index in [0.717, 1.165) is 15.4 Å². The average molecular weight is 545 g/mol. The fraction of sp³-hybridized carbons (Fsp3) is 0.192. The molecule has 37 heavy (non-hydrogen) atoms. The molecule has 0 radical (unpaired) electrons. The number of hydrogen-bond acceptors (Lipinski definition) is 7. The average Bonchev–Trinajstić information content (AvgIpc) is 2.87.